The molecule has 3 aromatic rings. The minimum Gasteiger partial charge on any atom is -0.451 e. The normalized spacial score (nSPS) is 10.5. The van der Waals surface area contributed by atoms with Crippen LogP contribution in [-0.4, -0.2) is 16.8 Å². The van der Waals surface area contributed by atoms with E-state index in [1.54, 1.807) is 19.1 Å². The van der Waals surface area contributed by atoms with Crippen molar-refractivity contribution in [2.75, 3.05) is 0 Å². The molecular weight excluding hydrogens is 301 g/mol. The highest BCUT2D eigenvalue weighted by atomic mass is 19.1. The lowest BCUT2D eigenvalue weighted by Gasteiger charge is -2.05. The molecule has 1 aromatic carbocycles. The summed E-state index contributed by atoms with van der Waals surface area (Å²) in [4.78, 5) is 27.8. The first-order valence-electron chi connectivity index (χ1n) is 6.76. The number of rotatable bonds is 2. The zero-order chi connectivity index (χ0) is 16.4. The molecule has 2 N–H and O–H groups in total. The van der Waals surface area contributed by atoms with Crippen LogP contribution in [-0.2, 0) is 0 Å². The van der Waals surface area contributed by atoms with Gasteiger partial charge in [0, 0.05) is 17.1 Å². The van der Waals surface area contributed by atoms with Gasteiger partial charge in [0.2, 0.25) is 0 Å². The van der Waals surface area contributed by atoms with Gasteiger partial charge in [-0.1, -0.05) is 6.07 Å². The zero-order valence-electron chi connectivity index (χ0n) is 12.1. The van der Waals surface area contributed by atoms with Gasteiger partial charge in [0.25, 0.3) is 5.91 Å². The minimum absolute atomic E-state index is 0.00641. The Morgan fingerprint density at radius 2 is 1.91 bits per heavy atom. The molecular formula is C16H12FN3O3. The third-order valence-corrected chi connectivity index (χ3v) is 3.29. The van der Waals surface area contributed by atoms with Crippen molar-refractivity contribution in [1.29, 1.82) is 0 Å². The summed E-state index contributed by atoms with van der Waals surface area (Å²) >= 11 is 0. The van der Waals surface area contributed by atoms with Crippen LogP contribution in [0.5, 0.6) is 0 Å². The smallest absolute Gasteiger partial charge is 0.305 e. The second-order valence-electron chi connectivity index (χ2n) is 4.82. The molecule has 2 aromatic heterocycles. The summed E-state index contributed by atoms with van der Waals surface area (Å²) < 4.78 is 18.7. The molecule has 2 heterocycles. The molecule has 0 spiro atoms. The Kier molecular flexibility index (Phi) is 3.76. The van der Waals surface area contributed by atoms with Gasteiger partial charge in [0.1, 0.15) is 17.1 Å². The summed E-state index contributed by atoms with van der Waals surface area (Å²) in [6, 6.07) is 8.82. The quantitative estimate of drug-likeness (QED) is 0.711. The number of fused-ring (bicyclic) bond motifs is 1. The van der Waals surface area contributed by atoms with E-state index in [9.17, 15) is 14.0 Å². The van der Waals surface area contributed by atoms with Crippen LogP contribution in [0.25, 0.3) is 11.0 Å². The van der Waals surface area contributed by atoms with Gasteiger partial charge in [-0.2, -0.15) is 0 Å². The third-order valence-electron chi connectivity index (χ3n) is 3.29. The van der Waals surface area contributed by atoms with E-state index in [1.165, 1.54) is 30.5 Å². The van der Waals surface area contributed by atoms with Crippen LogP contribution in [0, 0.1) is 12.7 Å². The molecule has 6 nitrogen and oxygen atoms in total. The van der Waals surface area contributed by atoms with Crippen molar-refractivity contribution in [3.8, 4) is 0 Å². The fourth-order valence-corrected chi connectivity index (χ4v) is 2.14. The number of aromatic nitrogens is 1. The summed E-state index contributed by atoms with van der Waals surface area (Å²) in [5.74, 6) is -1.61. The molecule has 0 atom stereocenters. The van der Waals surface area contributed by atoms with Crippen LogP contribution in [0.3, 0.4) is 0 Å². The molecule has 3 rings (SSSR count). The van der Waals surface area contributed by atoms with E-state index in [-0.39, 0.29) is 11.5 Å². The number of hydrazine groups is 1. The van der Waals surface area contributed by atoms with Gasteiger partial charge in [-0.25, -0.2) is 4.39 Å². The topological polar surface area (TPSA) is 84.2 Å². The number of hydrogen-bond donors (Lipinski definition) is 2. The molecule has 116 valence electrons. The number of nitrogens with one attached hydrogen (secondary N) is 2. The Balaban J connectivity index is 1.76. The van der Waals surface area contributed by atoms with Crippen molar-refractivity contribution in [3.63, 3.8) is 0 Å². The Morgan fingerprint density at radius 3 is 2.65 bits per heavy atom. The predicted octanol–water partition coefficient (Wildman–Crippen LogP) is 2.35. The van der Waals surface area contributed by atoms with E-state index in [0.717, 1.165) is 0 Å². The Morgan fingerprint density at radius 1 is 1.13 bits per heavy atom. The molecule has 0 aliphatic carbocycles. The molecule has 23 heavy (non-hydrogen) atoms. The molecule has 0 radical (unpaired) electrons. The average Bonchev–Trinajstić information content (AvgIpc) is 2.90. The minimum atomic E-state index is -0.636. The summed E-state index contributed by atoms with van der Waals surface area (Å²) in [5.41, 5.74) is 5.54. The fraction of sp³-hybridized carbons (Fsp3) is 0.0625. The van der Waals surface area contributed by atoms with Gasteiger partial charge >= 0.3 is 5.91 Å². The van der Waals surface area contributed by atoms with Crippen LogP contribution in [0.4, 0.5) is 4.39 Å². The number of benzene rings is 1. The lowest BCUT2D eigenvalue weighted by atomic mass is 10.1. The number of pyridine rings is 1. The largest absolute Gasteiger partial charge is 0.451 e. The van der Waals surface area contributed by atoms with E-state index in [1.807, 2.05) is 0 Å². The maximum Gasteiger partial charge on any atom is 0.305 e. The van der Waals surface area contributed by atoms with Crippen LogP contribution >= 0.6 is 0 Å². The maximum absolute atomic E-state index is 13.3. The first-order valence-corrected chi connectivity index (χ1v) is 6.76. The molecule has 2 amide bonds. The predicted molar refractivity (Wildman–Crippen MR) is 80.1 cm³/mol. The summed E-state index contributed by atoms with van der Waals surface area (Å²) in [7, 11) is 0. The lowest BCUT2D eigenvalue weighted by Crippen LogP contribution is -2.42. The standard InChI is InChI=1S/C16H12FN3O3/c1-9-11-8-10(17)5-6-13(11)23-14(9)16(22)20-19-15(21)12-4-2-3-7-18-12/h2-8H,1H3,(H,19,21)(H,20,22). The highest BCUT2D eigenvalue weighted by Crippen LogP contribution is 2.25. The lowest BCUT2D eigenvalue weighted by molar-refractivity contribution is 0.0829. The number of furan rings is 1. The summed E-state index contributed by atoms with van der Waals surface area (Å²) in [6.45, 7) is 1.64. The molecule has 0 aliphatic heterocycles. The summed E-state index contributed by atoms with van der Waals surface area (Å²) in [5, 5.41) is 0.506. The number of aryl methyl sites for hydroxylation is 1. The van der Waals surface area contributed by atoms with Crippen molar-refractivity contribution < 1.29 is 18.4 Å². The van der Waals surface area contributed by atoms with Crippen molar-refractivity contribution in [1.82, 2.24) is 15.8 Å². The Hall–Kier alpha value is -3.22. The molecule has 0 fully saturated rings. The zero-order valence-corrected chi connectivity index (χ0v) is 12.1. The Bertz CT molecular complexity index is 890. The monoisotopic (exact) mass is 313 g/mol. The van der Waals surface area contributed by atoms with E-state index >= 15 is 0 Å². The highest BCUT2D eigenvalue weighted by Gasteiger charge is 2.18. The van der Waals surface area contributed by atoms with Crippen molar-refractivity contribution in [2.45, 2.75) is 6.92 Å². The molecule has 0 unspecified atom stereocenters. The number of carbonyl (C=O) groups excluding carboxylic acids is 2. The average molecular weight is 313 g/mol. The van der Waals surface area contributed by atoms with Crippen molar-refractivity contribution >= 4 is 22.8 Å². The number of hydrogen-bond acceptors (Lipinski definition) is 4. The third kappa shape index (κ3) is 2.89. The number of halogens is 1. The van der Waals surface area contributed by atoms with Gasteiger partial charge in [0.05, 0.1) is 0 Å². The van der Waals surface area contributed by atoms with E-state index in [2.05, 4.69) is 15.8 Å². The van der Waals surface area contributed by atoms with Crippen LogP contribution < -0.4 is 10.9 Å². The first-order chi connectivity index (χ1) is 11.1. The second-order valence-corrected chi connectivity index (χ2v) is 4.82. The van der Waals surface area contributed by atoms with Crippen molar-refractivity contribution in [3.05, 3.63) is 65.4 Å². The van der Waals surface area contributed by atoms with Gasteiger partial charge in [-0.05, 0) is 37.3 Å². The van der Waals surface area contributed by atoms with Gasteiger partial charge in [0.15, 0.2) is 5.76 Å². The number of nitrogens with zero attached hydrogens (tertiary/aromatic N) is 1. The fourth-order valence-electron chi connectivity index (χ4n) is 2.14. The van der Waals surface area contributed by atoms with Crippen LogP contribution in [0.15, 0.2) is 47.0 Å². The molecule has 0 saturated carbocycles. The molecule has 0 bridgehead atoms. The van der Waals surface area contributed by atoms with Crippen LogP contribution in [0.2, 0.25) is 0 Å². The Labute approximate surface area is 130 Å². The summed E-state index contributed by atoms with van der Waals surface area (Å²) in [6.07, 6.45) is 1.47. The van der Waals surface area contributed by atoms with Gasteiger partial charge < -0.3 is 4.42 Å². The SMILES string of the molecule is Cc1c(C(=O)NNC(=O)c2ccccn2)oc2ccc(F)cc12. The second kappa shape index (κ2) is 5.88. The highest BCUT2D eigenvalue weighted by molar-refractivity contribution is 6.00. The molecule has 0 saturated heterocycles. The molecule has 0 aliphatic rings. The number of carbonyl (C=O) groups is 2. The first kappa shape index (κ1) is 14.7. The van der Waals surface area contributed by atoms with Crippen LogP contribution in [0.1, 0.15) is 26.6 Å². The molecule has 7 heteroatoms. The van der Waals surface area contributed by atoms with Crippen molar-refractivity contribution in [2.24, 2.45) is 0 Å². The van der Waals surface area contributed by atoms with E-state index < -0.39 is 17.6 Å². The van der Waals surface area contributed by atoms with Gasteiger partial charge in [-0.3, -0.25) is 25.4 Å². The van der Waals surface area contributed by atoms with Gasteiger partial charge in [-0.15, -0.1) is 0 Å². The van der Waals surface area contributed by atoms with E-state index in [4.69, 9.17) is 4.42 Å². The van der Waals surface area contributed by atoms with E-state index in [0.29, 0.717) is 16.5 Å². The number of amides is 2. The maximum atomic E-state index is 13.3.